The molecule has 0 saturated heterocycles. The zero-order valence-electron chi connectivity index (χ0n) is 11.8. The Bertz CT molecular complexity index is 538. The number of rotatable bonds is 7. The fourth-order valence-corrected chi connectivity index (χ4v) is 1.90. The number of benzene rings is 1. The average molecular weight is 268 g/mol. The second kappa shape index (κ2) is 8.12. The Kier molecular flexibility index (Phi) is 5.80. The predicted octanol–water partition coefficient (Wildman–Crippen LogP) is 3.28. The van der Waals surface area contributed by atoms with Crippen LogP contribution in [0, 0.1) is 0 Å². The highest BCUT2D eigenvalue weighted by Crippen LogP contribution is 2.19. The van der Waals surface area contributed by atoms with Crippen molar-refractivity contribution in [2.75, 3.05) is 13.2 Å². The van der Waals surface area contributed by atoms with Gasteiger partial charge in [0.15, 0.2) is 0 Å². The molecule has 0 saturated carbocycles. The maximum Gasteiger partial charge on any atom is 0.126 e. The highest BCUT2D eigenvalue weighted by Gasteiger charge is 1.99. The van der Waals surface area contributed by atoms with Crippen LogP contribution in [0.1, 0.15) is 18.1 Å². The summed E-state index contributed by atoms with van der Waals surface area (Å²) in [5.74, 6) is 0.925. The predicted molar refractivity (Wildman–Crippen MR) is 82.6 cm³/mol. The summed E-state index contributed by atoms with van der Waals surface area (Å²) >= 11 is 0. The molecule has 0 aliphatic heterocycles. The summed E-state index contributed by atoms with van der Waals surface area (Å²) in [7, 11) is 0. The molecule has 104 valence electrons. The smallest absolute Gasteiger partial charge is 0.126 e. The summed E-state index contributed by atoms with van der Waals surface area (Å²) < 4.78 is 5.80. The fourth-order valence-electron chi connectivity index (χ4n) is 1.90. The quantitative estimate of drug-likeness (QED) is 0.782. The number of allylic oxidation sites excluding steroid dienone is 1. The molecule has 0 aliphatic carbocycles. The monoisotopic (exact) mass is 268 g/mol. The Labute approximate surface area is 120 Å². The first kappa shape index (κ1) is 14.3. The Hall–Kier alpha value is -2.13. The Balaban J connectivity index is 1.74. The van der Waals surface area contributed by atoms with Crippen molar-refractivity contribution in [1.82, 2.24) is 10.3 Å². The second-order valence-electron chi connectivity index (χ2n) is 4.42. The minimum absolute atomic E-state index is 0.648. The molecule has 0 aliphatic rings. The third-order valence-corrected chi connectivity index (χ3v) is 2.85. The molecule has 1 aromatic heterocycles. The lowest BCUT2D eigenvalue weighted by molar-refractivity contribution is 0.313. The van der Waals surface area contributed by atoms with Gasteiger partial charge in [0, 0.05) is 31.0 Å². The maximum atomic E-state index is 5.80. The van der Waals surface area contributed by atoms with Gasteiger partial charge in [-0.15, -0.1) is 0 Å². The van der Waals surface area contributed by atoms with Crippen molar-refractivity contribution >= 4 is 6.08 Å². The summed E-state index contributed by atoms with van der Waals surface area (Å²) in [4.78, 5) is 4.08. The Morgan fingerprint density at radius 1 is 1.20 bits per heavy atom. The Morgan fingerprint density at radius 3 is 2.90 bits per heavy atom. The molecule has 0 bridgehead atoms. The molecule has 1 N–H and O–H groups in total. The summed E-state index contributed by atoms with van der Waals surface area (Å²) in [5.41, 5.74) is 2.30. The largest absolute Gasteiger partial charge is 0.492 e. The first-order valence-electron chi connectivity index (χ1n) is 6.84. The zero-order chi connectivity index (χ0) is 14.0. The van der Waals surface area contributed by atoms with Gasteiger partial charge in [0.05, 0.1) is 0 Å². The topological polar surface area (TPSA) is 34.1 Å². The third-order valence-electron chi connectivity index (χ3n) is 2.85. The Morgan fingerprint density at radius 2 is 2.10 bits per heavy atom. The first-order chi connectivity index (χ1) is 9.90. The standard InChI is InChI=1S/C17H20N2O/c1-2-6-16-8-3-4-9-17(16)20-12-11-19-14-15-7-5-10-18-13-15/h2-10,13,19H,11-12,14H2,1H3. The number of nitrogens with one attached hydrogen (secondary N) is 1. The van der Waals surface area contributed by atoms with Crippen LogP contribution in [0.2, 0.25) is 0 Å². The first-order valence-corrected chi connectivity index (χ1v) is 6.84. The highest BCUT2D eigenvalue weighted by molar-refractivity contribution is 5.56. The number of nitrogens with zero attached hydrogens (tertiary/aromatic N) is 1. The van der Waals surface area contributed by atoms with E-state index in [1.165, 1.54) is 5.56 Å². The lowest BCUT2D eigenvalue weighted by atomic mass is 10.2. The number of pyridine rings is 1. The summed E-state index contributed by atoms with van der Waals surface area (Å²) in [6.45, 7) is 4.27. The lowest BCUT2D eigenvalue weighted by Crippen LogP contribution is -2.20. The van der Waals surface area contributed by atoms with Crippen molar-refractivity contribution < 1.29 is 4.74 Å². The van der Waals surface area contributed by atoms with Crippen LogP contribution < -0.4 is 10.1 Å². The van der Waals surface area contributed by atoms with Gasteiger partial charge in [-0.1, -0.05) is 36.4 Å². The number of hydrogen-bond acceptors (Lipinski definition) is 3. The van der Waals surface area contributed by atoms with Gasteiger partial charge in [0.2, 0.25) is 0 Å². The molecule has 3 heteroatoms. The van der Waals surface area contributed by atoms with Gasteiger partial charge in [-0.05, 0) is 24.6 Å². The lowest BCUT2D eigenvalue weighted by Gasteiger charge is -2.10. The molecular weight excluding hydrogens is 248 g/mol. The third kappa shape index (κ3) is 4.52. The number of hydrogen-bond donors (Lipinski definition) is 1. The van der Waals surface area contributed by atoms with Crippen molar-refractivity contribution in [3.63, 3.8) is 0 Å². The molecule has 3 nitrogen and oxygen atoms in total. The van der Waals surface area contributed by atoms with Crippen LogP contribution in [-0.2, 0) is 6.54 Å². The van der Waals surface area contributed by atoms with E-state index >= 15 is 0 Å². The maximum absolute atomic E-state index is 5.80. The van der Waals surface area contributed by atoms with E-state index in [0.29, 0.717) is 6.61 Å². The van der Waals surface area contributed by atoms with E-state index in [2.05, 4.69) is 28.5 Å². The van der Waals surface area contributed by atoms with Crippen molar-refractivity contribution in [2.45, 2.75) is 13.5 Å². The van der Waals surface area contributed by atoms with E-state index in [0.717, 1.165) is 24.4 Å². The number of aromatic nitrogens is 1. The van der Waals surface area contributed by atoms with Gasteiger partial charge >= 0.3 is 0 Å². The molecule has 0 radical (unpaired) electrons. The molecule has 1 heterocycles. The molecule has 0 amide bonds. The van der Waals surface area contributed by atoms with Gasteiger partial charge in [0.25, 0.3) is 0 Å². The molecule has 2 aromatic rings. The highest BCUT2D eigenvalue weighted by atomic mass is 16.5. The zero-order valence-corrected chi connectivity index (χ0v) is 11.8. The molecule has 0 unspecified atom stereocenters. The molecule has 1 aromatic carbocycles. The number of para-hydroxylation sites is 1. The molecule has 0 spiro atoms. The van der Waals surface area contributed by atoms with E-state index < -0.39 is 0 Å². The van der Waals surface area contributed by atoms with E-state index in [1.807, 2.05) is 43.5 Å². The van der Waals surface area contributed by atoms with Gasteiger partial charge < -0.3 is 10.1 Å². The average Bonchev–Trinajstić information content (AvgIpc) is 2.50. The fraction of sp³-hybridized carbons (Fsp3) is 0.235. The summed E-state index contributed by atoms with van der Waals surface area (Å²) in [6.07, 6.45) is 7.72. The summed E-state index contributed by atoms with van der Waals surface area (Å²) in [5, 5.41) is 3.34. The molecule has 0 atom stereocenters. The van der Waals surface area contributed by atoms with E-state index in [9.17, 15) is 0 Å². The van der Waals surface area contributed by atoms with Gasteiger partial charge in [-0.3, -0.25) is 4.98 Å². The van der Waals surface area contributed by atoms with E-state index in [4.69, 9.17) is 4.74 Å². The van der Waals surface area contributed by atoms with Crippen molar-refractivity contribution in [3.05, 3.63) is 66.0 Å². The van der Waals surface area contributed by atoms with Crippen LogP contribution >= 0.6 is 0 Å². The van der Waals surface area contributed by atoms with E-state index in [1.54, 1.807) is 6.20 Å². The SMILES string of the molecule is CC=Cc1ccccc1OCCNCc1cccnc1. The van der Waals surface area contributed by atoms with Crippen molar-refractivity contribution in [3.8, 4) is 5.75 Å². The van der Waals surface area contributed by atoms with Crippen LogP contribution in [0.25, 0.3) is 6.08 Å². The van der Waals surface area contributed by atoms with Gasteiger partial charge in [-0.2, -0.15) is 0 Å². The minimum Gasteiger partial charge on any atom is -0.492 e. The van der Waals surface area contributed by atoms with Crippen molar-refractivity contribution in [1.29, 1.82) is 0 Å². The van der Waals surface area contributed by atoms with Crippen molar-refractivity contribution in [2.24, 2.45) is 0 Å². The van der Waals surface area contributed by atoms with E-state index in [-0.39, 0.29) is 0 Å². The minimum atomic E-state index is 0.648. The second-order valence-corrected chi connectivity index (χ2v) is 4.42. The van der Waals surface area contributed by atoms with Gasteiger partial charge in [0.1, 0.15) is 12.4 Å². The molecule has 2 rings (SSSR count). The molecular formula is C17H20N2O. The molecule has 20 heavy (non-hydrogen) atoms. The van der Waals surface area contributed by atoms with Gasteiger partial charge in [-0.25, -0.2) is 0 Å². The molecule has 0 fully saturated rings. The van der Waals surface area contributed by atoms with Crippen LogP contribution in [-0.4, -0.2) is 18.1 Å². The van der Waals surface area contributed by atoms with Crippen LogP contribution in [0.3, 0.4) is 0 Å². The van der Waals surface area contributed by atoms with Crippen LogP contribution in [0.5, 0.6) is 5.75 Å². The normalized spacial score (nSPS) is 10.8. The summed E-state index contributed by atoms with van der Waals surface area (Å²) in [6, 6.07) is 12.1. The van der Waals surface area contributed by atoms with Crippen LogP contribution in [0.15, 0.2) is 54.9 Å². The number of ether oxygens (including phenoxy) is 1. The van der Waals surface area contributed by atoms with Crippen LogP contribution in [0.4, 0.5) is 0 Å².